The summed E-state index contributed by atoms with van der Waals surface area (Å²) in [6, 6.07) is 16.3. The van der Waals surface area contributed by atoms with Crippen LogP contribution in [-0.2, 0) is 17.8 Å². The summed E-state index contributed by atoms with van der Waals surface area (Å²) in [7, 11) is 0. The topological polar surface area (TPSA) is 91.2 Å². The fraction of sp³-hybridized carbons (Fsp3) is 0.333. The van der Waals surface area contributed by atoms with Crippen LogP contribution in [0.2, 0.25) is 0 Å². The molecule has 0 unspecified atom stereocenters. The van der Waals surface area contributed by atoms with Crippen LogP contribution < -0.4 is 21.5 Å². The first kappa shape index (κ1) is 20.0. The van der Waals surface area contributed by atoms with Gasteiger partial charge in [-0.15, -0.1) is 0 Å². The summed E-state index contributed by atoms with van der Waals surface area (Å²) in [5.41, 5.74) is 10.3. The van der Waals surface area contributed by atoms with Crippen LogP contribution in [0, 0.1) is 5.92 Å². The molecule has 0 bridgehead atoms. The summed E-state index contributed by atoms with van der Waals surface area (Å²) in [5.74, 6) is -0.195. The Labute approximate surface area is 176 Å². The van der Waals surface area contributed by atoms with Gasteiger partial charge in [0, 0.05) is 48.0 Å². The molecule has 1 fully saturated rings. The van der Waals surface area contributed by atoms with Crippen LogP contribution in [0.25, 0.3) is 10.9 Å². The van der Waals surface area contributed by atoms with Crippen LogP contribution in [-0.4, -0.2) is 24.0 Å². The molecule has 4 N–H and O–H groups in total. The Morgan fingerprint density at radius 2 is 1.87 bits per heavy atom. The summed E-state index contributed by atoms with van der Waals surface area (Å²) in [6.45, 7) is 4.27. The van der Waals surface area contributed by atoms with E-state index in [0.717, 1.165) is 54.6 Å². The largest absolute Gasteiger partial charge is 0.381 e. The summed E-state index contributed by atoms with van der Waals surface area (Å²) in [5, 5.41) is 4.40. The minimum absolute atomic E-state index is 0.00404. The number of pyridine rings is 1. The number of benzene rings is 2. The van der Waals surface area contributed by atoms with E-state index < -0.39 is 0 Å². The van der Waals surface area contributed by atoms with E-state index in [1.807, 2.05) is 30.3 Å². The van der Waals surface area contributed by atoms with Gasteiger partial charge < -0.3 is 20.9 Å². The fourth-order valence-corrected chi connectivity index (χ4v) is 4.06. The van der Waals surface area contributed by atoms with Crippen LogP contribution >= 0.6 is 0 Å². The molecule has 0 atom stereocenters. The van der Waals surface area contributed by atoms with E-state index in [4.69, 9.17) is 5.73 Å². The zero-order valence-electron chi connectivity index (χ0n) is 17.3. The number of piperidine rings is 1. The first-order valence-electron chi connectivity index (χ1n) is 10.6. The second-order valence-electron chi connectivity index (χ2n) is 7.96. The van der Waals surface area contributed by atoms with Gasteiger partial charge in [0.1, 0.15) is 0 Å². The number of rotatable bonds is 6. The lowest BCUT2D eigenvalue weighted by Crippen LogP contribution is -2.38. The van der Waals surface area contributed by atoms with Crippen LogP contribution in [0.4, 0.5) is 11.4 Å². The molecular formula is C24H28N4O2. The maximum atomic E-state index is 12.4. The molecule has 6 heteroatoms. The number of primary amides is 1. The van der Waals surface area contributed by atoms with Crippen molar-refractivity contribution in [2.75, 3.05) is 23.3 Å². The second-order valence-corrected chi connectivity index (χ2v) is 7.96. The predicted octanol–water partition coefficient (Wildman–Crippen LogP) is 3.40. The molecule has 1 amide bonds. The number of nitrogens with zero attached hydrogens (tertiary/aromatic N) is 1. The molecule has 0 radical (unpaired) electrons. The second kappa shape index (κ2) is 8.61. The number of aromatic amines is 1. The van der Waals surface area contributed by atoms with Gasteiger partial charge in [-0.05, 0) is 72.7 Å². The van der Waals surface area contributed by atoms with Crippen molar-refractivity contribution in [2.45, 2.75) is 32.7 Å². The van der Waals surface area contributed by atoms with Gasteiger partial charge in [-0.3, -0.25) is 9.59 Å². The van der Waals surface area contributed by atoms with Crippen molar-refractivity contribution in [3.05, 3.63) is 70.0 Å². The lowest BCUT2D eigenvalue weighted by molar-refractivity contribution is -0.122. The van der Waals surface area contributed by atoms with Crippen molar-refractivity contribution in [1.29, 1.82) is 0 Å². The van der Waals surface area contributed by atoms with Crippen molar-refractivity contribution < 1.29 is 4.79 Å². The highest BCUT2D eigenvalue weighted by molar-refractivity contribution is 5.80. The molecule has 30 heavy (non-hydrogen) atoms. The molecule has 0 spiro atoms. The number of amides is 1. The molecule has 1 aliphatic rings. The van der Waals surface area contributed by atoms with E-state index in [1.165, 1.54) is 5.56 Å². The number of nitrogens with one attached hydrogen (secondary N) is 2. The van der Waals surface area contributed by atoms with E-state index in [9.17, 15) is 9.59 Å². The number of carbonyl (C=O) groups is 1. The van der Waals surface area contributed by atoms with Crippen molar-refractivity contribution in [1.82, 2.24) is 4.98 Å². The summed E-state index contributed by atoms with van der Waals surface area (Å²) in [6.07, 6.45) is 2.58. The van der Waals surface area contributed by atoms with Gasteiger partial charge in [0.15, 0.2) is 0 Å². The minimum Gasteiger partial charge on any atom is -0.381 e. The lowest BCUT2D eigenvalue weighted by Gasteiger charge is -2.32. The molecule has 2 heterocycles. The van der Waals surface area contributed by atoms with E-state index >= 15 is 0 Å². The molecule has 2 aromatic carbocycles. The number of aromatic nitrogens is 1. The number of H-pyrrole nitrogens is 1. The summed E-state index contributed by atoms with van der Waals surface area (Å²) in [4.78, 5) is 29.0. The first-order chi connectivity index (χ1) is 14.5. The monoisotopic (exact) mass is 404 g/mol. The number of carbonyl (C=O) groups excluding carboxylic acids is 1. The number of fused-ring (bicyclic) bond motifs is 1. The van der Waals surface area contributed by atoms with Crippen LogP contribution in [0.5, 0.6) is 0 Å². The summed E-state index contributed by atoms with van der Waals surface area (Å²) < 4.78 is 0. The number of hydrogen-bond donors (Lipinski definition) is 3. The van der Waals surface area contributed by atoms with E-state index in [2.05, 4.69) is 40.3 Å². The highest BCUT2D eigenvalue weighted by Gasteiger charge is 2.23. The predicted molar refractivity (Wildman–Crippen MR) is 122 cm³/mol. The van der Waals surface area contributed by atoms with Gasteiger partial charge in [0.25, 0.3) is 5.56 Å². The molecule has 6 nitrogen and oxygen atoms in total. The average Bonchev–Trinajstić information content (AvgIpc) is 2.78. The summed E-state index contributed by atoms with van der Waals surface area (Å²) >= 11 is 0. The normalized spacial score (nSPS) is 14.8. The molecular weight excluding hydrogens is 376 g/mol. The number of anilines is 2. The highest BCUT2D eigenvalue weighted by Crippen LogP contribution is 2.24. The SMILES string of the molecule is CCc1ccc2[nH]c(=O)c(CNc3ccc(N4CCC(C(N)=O)CC4)cc3)cc2c1. The zero-order valence-corrected chi connectivity index (χ0v) is 17.3. The van der Waals surface area contributed by atoms with Gasteiger partial charge in [0.2, 0.25) is 5.91 Å². The number of hydrogen-bond acceptors (Lipinski definition) is 4. The van der Waals surface area contributed by atoms with Gasteiger partial charge in [-0.1, -0.05) is 13.0 Å². The third-order valence-electron chi connectivity index (χ3n) is 6.01. The van der Waals surface area contributed by atoms with E-state index in [1.54, 1.807) is 0 Å². The van der Waals surface area contributed by atoms with E-state index in [-0.39, 0.29) is 17.4 Å². The van der Waals surface area contributed by atoms with E-state index in [0.29, 0.717) is 12.1 Å². The number of nitrogens with two attached hydrogens (primary N) is 1. The van der Waals surface area contributed by atoms with Gasteiger partial charge >= 0.3 is 0 Å². The fourth-order valence-electron chi connectivity index (χ4n) is 4.06. The third kappa shape index (κ3) is 4.32. The smallest absolute Gasteiger partial charge is 0.253 e. The van der Waals surface area contributed by atoms with Crippen molar-refractivity contribution in [3.63, 3.8) is 0 Å². The maximum Gasteiger partial charge on any atom is 0.253 e. The number of aryl methyl sites for hydroxylation is 1. The third-order valence-corrected chi connectivity index (χ3v) is 6.01. The molecule has 1 aliphatic heterocycles. The lowest BCUT2D eigenvalue weighted by atomic mass is 9.96. The molecule has 1 saturated heterocycles. The molecule has 0 aliphatic carbocycles. The molecule has 0 saturated carbocycles. The molecule has 3 aromatic rings. The van der Waals surface area contributed by atoms with Crippen molar-refractivity contribution >= 4 is 28.2 Å². The molecule has 4 rings (SSSR count). The Balaban J connectivity index is 1.41. The molecule has 156 valence electrons. The minimum atomic E-state index is -0.191. The quantitative estimate of drug-likeness (QED) is 0.587. The average molecular weight is 405 g/mol. The van der Waals surface area contributed by atoms with Crippen molar-refractivity contribution in [2.24, 2.45) is 11.7 Å². The zero-order chi connectivity index (χ0) is 21.1. The maximum absolute atomic E-state index is 12.4. The van der Waals surface area contributed by atoms with Gasteiger partial charge in [-0.25, -0.2) is 0 Å². The van der Waals surface area contributed by atoms with Crippen LogP contribution in [0.3, 0.4) is 0 Å². The molecule has 1 aromatic heterocycles. The first-order valence-corrected chi connectivity index (χ1v) is 10.6. The Morgan fingerprint density at radius 1 is 1.13 bits per heavy atom. The Bertz CT molecular complexity index is 1100. The highest BCUT2D eigenvalue weighted by atomic mass is 16.1. The van der Waals surface area contributed by atoms with Gasteiger partial charge in [0.05, 0.1) is 0 Å². The van der Waals surface area contributed by atoms with Gasteiger partial charge in [-0.2, -0.15) is 0 Å². The van der Waals surface area contributed by atoms with Crippen molar-refractivity contribution in [3.8, 4) is 0 Å². The van der Waals surface area contributed by atoms with Crippen LogP contribution in [0.1, 0.15) is 30.9 Å². The Kier molecular flexibility index (Phi) is 5.74. The van der Waals surface area contributed by atoms with Crippen LogP contribution in [0.15, 0.2) is 53.3 Å². The Hall–Kier alpha value is -3.28. The standard InChI is InChI=1S/C24H28N4O2/c1-2-16-3-8-22-18(13-16)14-19(24(30)27-22)15-26-20-4-6-21(7-5-20)28-11-9-17(10-12-28)23(25)29/h3-8,13-14,17,26H,2,9-12,15H2,1H3,(H2,25,29)(H,27,30). The Morgan fingerprint density at radius 3 is 2.53 bits per heavy atom.